The fraction of sp³-hybridized carbons (Fsp3) is 0.200. The molecule has 0 saturated carbocycles. The number of hydrogen-bond acceptors (Lipinski definition) is 2. The maximum absolute atomic E-state index is 8.67. The summed E-state index contributed by atoms with van der Waals surface area (Å²) in [6.45, 7) is 2.00. The second-order valence-electron chi connectivity index (χ2n) is 2.50. The van der Waals surface area contributed by atoms with Crippen LogP contribution in [0.15, 0.2) is 30.3 Å². The first-order valence-corrected chi connectivity index (χ1v) is 5.23. The van der Waals surface area contributed by atoms with Gasteiger partial charge in [-0.1, -0.05) is 24.3 Å². The molecule has 0 atom stereocenters. The van der Waals surface area contributed by atoms with Gasteiger partial charge in [0.15, 0.2) is 0 Å². The summed E-state index contributed by atoms with van der Waals surface area (Å²) in [6.07, 6.45) is 4.07. The summed E-state index contributed by atoms with van der Waals surface area (Å²) in [4.78, 5) is 0. The van der Waals surface area contributed by atoms with Gasteiger partial charge in [0.25, 0.3) is 11.4 Å². The Morgan fingerprint density at radius 3 is 2.00 bits per heavy atom. The maximum atomic E-state index is 8.67. The molecule has 0 aliphatic heterocycles. The molecule has 4 nitrogen and oxygen atoms in total. The topological polar surface area (TPSA) is 66.8 Å². The van der Waals surface area contributed by atoms with Crippen molar-refractivity contribution in [2.45, 2.75) is 6.92 Å². The van der Waals surface area contributed by atoms with Gasteiger partial charge in [-0.3, -0.25) is 9.11 Å². The van der Waals surface area contributed by atoms with E-state index < -0.39 is 11.4 Å². The van der Waals surface area contributed by atoms with Gasteiger partial charge in [0.05, 0.1) is 7.11 Å². The van der Waals surface area contributed by atoms with Gasteiger partial charge in [0.2, 0.25) is 0 Å². The Labute approximate surface area is 120 Å². The number of allylic oxidation sites excluding steroid dienone is 1. The molecule has 84 valence electrons. The van der Waals surface area contributed by atoms with Crippen LogP contribution in [0.4, 0.5) is 0 Å². The molecule has 0 aromatic heterocycles. The molecule has 1 aromatic carbocycles. The number of hydrogen-bond donors (Lipinski definition) is 2. The average Bonchev–Trinajstić information content (AvgIpc) is 2.19. The maximum Gasteiger partial charge on any atom is 1.00 e. The van der Waals surface area contributed by atoms with E-state index in [9.17, 15) is 0 Å². The molecule has 0 unspecified atom stereocenters. The zero-order valence-corrected chi connectivity index (χ0v) is 12.4. The van der Waals surface area contributed by atoms with Gasteiger partial charge in [-0.05, 0) is 24.6 Å². The van der Waals surface area contributed by atoms with Crippen LogP contribution in [0.2, 0.25) is 0 Å². The normalized spacial score (nSPS) is 9.31. The van der Waals surface area contributed by atoms with Crippen LogP contribution in [0, 0.1) is 0 Å². The first-order valence-electron chi connectivity index (χ1n) is 4.16. The molecule has 16 heavy (non-hydrogen) atoms. The van der Waals surface area contributed by atoms with Crippen LogP contribution >= 0.6 is 0 Å². The SMILES string of the molecule is CC=Cc1ccc(OC)cc1.O=S(O)O.[Na+]. The molecule has 0 heterocycles. The van der Waals surface area contributed by atoms with Gasteiger partial charge in [-0.25, -0.2) is 0 Å². The van der Waals surface area contributed by atoms with E-state index in [2.05, 4.69) is 6.08 Å². The largest absolute Gasteiger partial charge is 1.00 e. The van der Waals surface area contributed by atoms with Crippen molar-refractivity contribution in [3.63, 3.8) is 0 Å². The molecule has 0 saturated heterocycles. The second kappa shape index (κ2) is 11.3. The molecular weight excluding hydrogens is 239 g/mol. The second-order valence-corrected chi connectivity index (χ2v) is 2.97. The van der Waals surface area contributed by atoms with Crippen LogP contribution in [0.25, 0.3) is 6.08 Å². The van der Waals surface area contributed by atoms with Gasteiger partial charge in [-0.2, -0.15) is 4.21 Å². The van der Waals surface area contributed by atoms with E-state index >= 15 is 0 Å². The van der Waals surface area contributed by atoms with Crippen LogP contribution in [0.3, 0.4) is 0 Å². The van der Waals surface area contributed by atoms with Crippen molar-refractivity contribution >= 4 is 17.4 Å². The number of benzene rings is 1. The Morgan fingerprint density at radius 2 is 1.69 bits per heavy atom. The van der Waals surface area contributed by atoms with E-state index in [0.717, 1.165) is 5.75 Å². The average molecular weight is 253 g/mol. The van der Waals surface area contributed by atoms with E-state index in [1.54, 1.807) is 7.11 Å². The Morgan fingerprint density at radius 1 is 1.25 bits per heavy atom. The van der Waals surface area contributed by atoms with Crippen molar-refractivity contribution in [2.75, 3.05) is 7.11 Å². The smallest absolute Gasteiger partial charge is 0.497 e. The zero-order chi connectivity index (χ0) is 11.7. The van der Waals surface area contributed by atoms with Crippen LogP contribution in [0.1, 0.15) is 12.5 Å². The summed E-state index contributed by atoms with van der Waals surface area (Å²) in [7, 11) is 1.67. The quantitative estimate of drug-likeness (QED) is 0.546. The third-order valence-corrected chi connectivity index (χ3v) is 1.47. The fourth-order valence-corrected chi connectivity index (χ4v) is 0.907. The van der Waals surface area contributed by atoms with Gasteiger partial charge in [-0.15, -0.1) is 0 Å². The first kappa shape index (κ1) is 18.2. The molecule has 0 fully saturated rings. The number of rotatable bonds is 2. The van der Waals surface area contributed by atoms with E-state index in [4.69, 9.17) is 18.1 Å². The first-order chi connectivity index (χ1) is 7.10. The monoisotopic (exact) mass is 253 g/mol. The molecule has 2 N–H and O–H groups in total. The Bertz CT molecular complexity index is 320. The summed E-state index contributed by atoms with van der Waals surface area (Å²) < 4.78 is 27.9. The van der Waals surface area contributed by atoms with Crippen molar-refractivity contribution in [1.82, 2.24) is 0 Å². The zero-order valence-electron chi connectivity index (χ0n) is 9.58. The molecule has 0 amide bonds. The van der Waals surface area contributed by atoms with E-state index in [0.29, 0.717) is 0 Å². The van der Waals surface area contributed by atoms with Crippen molar-refractivity contribution in [3.8, 4) is 5.75 Å². The molecule has 6 heteroatoms. The molecule has 1 rings (SSSR count). The van der Waals surface area contributed by atoms with Crippen molar-refractivity contribution in [2.24, 2.45) is 0 Å². The molecule has 0 bridgehead atoms. The number of methoxy groups -OCH3 is 1. The van der Waals surface area contributed by atoms with Gasteiger partial charge in [0.1, 0.15) is 5.75 Å². The van der Waals surface area contributed by atoms with Crippen LogP contribution < -0.4 is 34.3 Å². The Kier molecular flexibility index (Phi) is 12.9. The summed E-state index contributed by atoms with van der Waals surface area (Å²) >= 11 is -2.61. The predicted molar refractivity (Wildman–Crippen MR) is 61.1 cm³/mol. The van der Waals surface area contributed by atoms with Gasteiger partial charge in [0, 0.05) is 0 Å². The standard InChI is InChI=1S/C10H12O.Na.H2O3S/c1-3-4-9-5-7-10(11-2)8-6-9;;1-4(2)3/h3-8H,1-2H3;;(H2,1,2,3)/q;+1;. The minimum absolute atomic E-state index is 0. The summed E-state index contributed by atoms with van der Waals surface area (Å²) in [5.41, 5.74) is 1.20. The Balaban J connectivity index is 0. The summed E-state index contributed by atoms with van der Waals surface area (Å²) in [5, 5.41) is 0. The minimum atomic E-state index is -2.61. The third-order valence-electron chi connectivity index (χ3n) is 1.47. The van der Waals surface area contributed by atoms with Crippen molar-refractivity contribution in [3.05, 3.63) is 35.9 Å². The summed E-state index contributed by atoms with van der Waals surface area (Å²) in [5.74, 6) is 0.901. The van der Waals surface area contributed by atoms with E-state index in [1.165, 1.54) is 5.56 Å². The van der Waals surface area contributed by atoms with Gasteiger partial charge >= 0.3 is 29.6 Å². The third kappa shape index (κ3) is 10.4. The molecule has 0 aliphatic carbocycles. The molecule has 0 radical (unpaired) electrons. The predicted octanol–water partition coefficient (Wildman–Crippen LogP) is -0.587. The number of ether oxygens (including phenoxy) is 1. The Hall–Kier alpha value is -0.170. The molecule has 1 aromatic rings. The van der Waals surface area contributed by atoms with Gasteiger partial charge < -0.3 is 4.74 Å². The van der Waals surface area contributed by atoms with E-state index in [-0.39, 0.29) is 29.6 Å². The van der Waals surface area contributed by atoms with Crippen LogP contribution in [-0.2, 0) is 11.4 Å². The molecular formula is C10H14NaO4S+. The summed E-state index contributed by atoms with van der Waals surface area (Å²) in [6, 6.07) is 7.96. The van der Waals surface area contributed by atoms with Crippen molar-refractivity contribution in [1.29, 1.82) is 0 Å². The minimum Gasteiger partial charge on any atom is -0.497 e. The molecule has 0 aliphatic rings. The molecule has 0 spiro atoms. The van der Waals surface area contributed by atoms with Crippen LogP contribution in [0.5, 0.6) is 5.75 Å². The van der Waals surface area contributed by atoms with Crippen molar-refractivity contribution < 1.29 is 47.6 Å². The van der Waals surface area contributed by atoms with Crippen LogP contribution in [-0.4, -0.2) is 20.4 Å². The van der Waals surface area contributed by atoms with E-state index in [1.807, 2.05) is 37.3 Å². The fourth-order valence-electron chi connectivity index (χ4n) is 0.907.